The van der Waals surface area contributed by atoms with Crippen LogP contribution in [0.3, 0.4) is 0 Å². The Labute approximate surface area is 213 Å². The zero-order valence-electron chi connectivity index (χ0n) is 19.6. The van der Waals surface area contributed by atoms with Gasteiger partial charge < -0.3 is 9.64 Å². The Morgan fingerprint density at radius 2 is 1.95 bits per heavy atom. The molecule has 6 rings (SSSR count). The summed E-state index contributed by atoms with van der Waals surface area (Å²) in [5.41, 5.74) is 3.38. The smallest absolute Gasteiger partial charge is 0.270 e. The van der Waals surface area contributed by atoms with Crippen molar-refractivity contribution < 1.29 is 23.1 Å². The number of fused-ring (bicyclic) bond motifs is 1. The van der Waals surface area contributed by atoms with Crippen LogP contribution in [0.5, 0.6) is 0 Å². The molecule has 0 bridgehead atoms. The SMILES string of the molecule is C[C@@H]1O[C@H](c2cn(-c3ccc(F)c(F)c3)nc2-c2ccsc2)N(CCc2ccc3c(c2)=CC(=O)N=3)C1=O. The number of benzene rings is 2. The summed E-state index contributed by atoms with van der Waals surface area (Å²) < 4.78 is 35.1. The molecule has 1 saturated heterocycles. The number of carbonyl (C=O) groups is 2. The summed E-state index contributed by atoms with van der Waals surface area (Å²) in [6, 6.07) is 11.1. The number of ether oxygens (including phenoxy) is 1. The first-order valence-corrected chi connectivity index (χ1v) is 12.6. The number of halogens is 2. The number of nitrogens with zero attached hydrogens (tertiary/aromatic N) is 4. The molecule has 10 heteroatoms. The quantitative estimate of drug-likeness (QED) is 0.393. The molecule has 2 amide bonds. The maximum absolute atomic E-state index is 14.0. The standard InChI is InChI=1S/C27H20F2N4O3S/c1-15-26(35)32(8-6-16-2-5-23-18(10-16)11-24(34)30-23)27(36-15)20-13-33(19-3-4-21(28)22(29)12-19)31-25(20)17-7-9-37-14-17/h2-5,7,9-15,27H,6,8H2,1H3/t15-,27+/m0/s1. The van der Waals surface area contributed by atoms with Gasteiger partial charge in [-0.3, -0.25) is 9.59 Å². The van der Waals surface area contributed by atoms with Gasteiger partial charge in [0.05, 0.1) is 11.0 Å². The second-order valence-corrected chi connectivity index (χ2v) is 9.67. The van der Waals surface area contributed by atoms with Gasteiger partial charge in [-0.1, -0.05) is 6.07 Å². The van der Waals surface area contributed by atoms with Gasteiger partial charge >= 0.3 is 0 Å². The second-order valence-electron chi connectivity index (χ2n) is 8.89. The van der Waals surface area contributed by atoms with Crippen LogP contribution in [-0.2, 0) is 20.7 Å². The summed E-state index contributed by atoms with van der Waals surface area (Å²) in [4.78, 5) is 30.3. The lowest BCUT2D eigenvalue weighted by molar-refractivity contribution is -0.130. The van der Waals surface area contributed by atoms with Crippen molar-refractivity contribution in [2.24, 2.45) is 4.99 Å². The number of amides is 2. The molecule has 2 aromatic heterocycles. The Kier molecular flexibility index (Phi) is 5.77. The van der Waals surface area contributed by atoms with E-state index in [1.165, 1.54) is 28.2 Å². The van der Waals surface area contributed by atoms with Gasteiger partial charge in [-0.05, 0) is 54.6 Å². The van der Waals surface area contributed by atoms with Gasteiger partial charge in [0, 0.05) is 46.6 Å². The van der Waals surface area contributed by atoms with E-state index in [-0.39, 0.29) is 11.8 Å². The van der Waals surface area contributed by atoms with Crippen molar-refractivity contribution in [3.8, 4) is 16.9 Å². The van der Waals surface area contributed by atoms with Crippen molar-refractivity contribution in [2.75, 3.05) is 6.54 Å². The highest BCUT2D eigenvalue weighted by atomic mass is 32.1. The van der Waals surface area contributed by atoms with Gasteiger partial charge in [0.1, 0.15) is 11.8 Å². The van der Waals surface area contributed by atoms with E-state index in [0.717, 1.165) is 28.5 Å². The average Bonchev–Trinajstić information content (AvgIpc) is 3.66. The molecule has 2 aliphatic rings. The normalized spacial score (nSPS) is 18.7. The molecule has 2 aliphatic heterocycles. The van der Waals surface area contributed by atoms with Crippen LogP contribution < -0.4 is 10.6 Å². The Bertz CT molecular complexity index is 1670. The van der Waals surface area contributed by atoms with Gasteiger partial charge in [-0.15, -0.1) is 0 Å². The summed E-state index contributed by atoms with van der Waals surface area (Å²) in [5, 5.41) is 9.91. The Morgan fingerprint density at radius 3 is 2.73 bits per heavy atom. The van der Waals surface area contributed by atoms with Gasteiger partial charge in [-0.25, -0.2) is 18.5 Å². The van der Waals surface area contributed by atoms with Crippen LogP contribution in [0.4, 0.5) is 8.78 Å². The van der Waals surface area contributed by atoms with E-state index in [2.05, 4.69) is 10.1 Å². The molecule has 0 unspecified atom stereocenters. The van der Waals surface area contributed by atoms with Crippen molar-refractivity contribution in [3.05, 3.63) is 92.8 Å². The summed E-state index contributed by atoms with van der Waals surface area (Å²) in [6.07, 6.45) is 2.36. The van der Waals surface area contributed by atoms with Crippen LogP contribution in [-0.4, -0.2) is 39.1 Å². The third kappa shape index (κ3) is 4.28. The first-order valence-electron chi connectivity index (χ1n) is 11.6. The lowest BCUT2D eigenvalue weighted by Gasteiger charge is -2.23. The third-order valence-electron chi connectivity index (χ3n) is 6.46. The molecule has 0 radical (unpaired) electrons. The fraction of sp³-hybridized carbons (Fsp3) is 0.185. The highest BCUT2D eigenvalue weighted by molar-refractivity contribution is 7.08. The van der Waals surface area contributed by atoms with Gasteiger partial charge in [0.2, 0.25) is 0 Å². The number of hydrogen-bond acceptors (Lipinski definition) is 5. The molecular weight excluding hydrogens is 498 g/mol. The third-order valence-corrected chi connectivity index (χ3v) is 7.14. The van der Waals surface area contributed by atoms with Crippen LogP contribution in [0, 0.1) is 11.6 Å². The summed E-state index contributed by atoms with van der Waals surface area (Å²) >= 11 is 1.50. The second kappa shape index (κ2) is 9.13. The number of aromatic nitrogens is 2. The van der Waals surface area contributed by atoms with Crippen molar-refractivity contribution in [1.29, 1.82) is 0 Å². The maximum atomic E-state index is 14.0. The maximum Gasteiger partial charge on any atom is 0.270 e. The molecule has 2 aromatic carbocycles. The van der Waals surface area contributed by atoms with E-state index in [9.17, 15) is 18.4 Å². The predicted octanol–water partition coefficient (Wildman–Crippen LogP) is 3.31. The zero-order chi connectivity index (χ0) is 25.7. The van der Waals surface area contributed by atoms with Crippen LogP contribution in [0.25, 0.3) is 23.0 Å². The van der Waals surface area contributed by atoms with Crippen molar-refractivity contribution in [2.45, 2.75) is 25.7 Å². The molecule has 0 saturated carbocycles. The van der Waals surface area contributed by atoms with Gasteiger partial charge in [-0.2, -0.15) is 16.4 Å². The molecular formula is C27H20F2N4O3S. The fourth-order valence-corrected chi connectivity index (χ4v) is 5.25. The molecule has 4 heterocycles. The number of hydrogen-bond donors (Lipinski definition) is 0. The van der Waals surface area contributed by atoms with Crippen molar-refractivity contribution in [3.63, 3.8) is 0 Å². The monoisotopic (exact) mass is 518 g/mol. The van der Waals surface area contributed by atoms with E-state index < -0.39 is 24.0 Å². The Hall–Kier alpha value is -4.02. The summed E-state index contributed by atoms with van der Waals surface area (Å²) in [6.45, 7) is 2.08. The molecule has 186 valence electrons. The summed E-state index contributed by atoms with van der Waals surface area (Å²) in [5.74, 6) is -2.35. The summed E-state index contributed by atoms with van der Waals surface area (Å²) in [7, 11) is 0. The minimum atomic E-state index is -0.977. The van der Waals surface area contributed by atoms with Gasteiger partial charge in [0.15, 0.2) is 17.9 Å². The Morgan fingerprint density at radius 1 is 1.08 bits per heavy atom. The molecule has 2 atom stereocenters. The van der Waals surface area contributed by atoms with E-state index in [4.69, 9.17) is 4.74 Å². The van der Waals surface area contributed by atoms with Crippen molar-refractivity contribution >= 4 is 29.2 Å². The van der Waals surface area contributed by atoms with E-state index in [0.29, 0.717) is 35.3 Å². The highest BCUT2D eigenvalue weighted by Crippen LogP contribution is 2.38. The van der Waals surface area contributed by atoms with E-state index in [1.807, 2.05) is 29.0 Å². The molecule has 0 aliphatic carbocycles. The van der Waals surface area contributed by atoms with Crippen LogP contribution in [0.2, 0.25) is 0 Å². The first kappa shape index (κ1) is 23.4. The number of thiophene rings is 1. The van der Waals surface area contributed by atoms with E-state index >= 15 is 0 Å². The number of rotatable bonds is 6. The molecule has 0 spiro atoms. The Balaban J connectivity index is 1.35. The van der Waals surface area contributed by atoms with Crippen molar-refractivity contribution in [1.82, 2.24) is 14.7 Å². The lowest BCUT2D eigenvalue weighted by atomic mass is 10.1. The van der Waals surface area contributed by atoms with Crippen LogP contribution in [0.1, 0.15) is 24.3 Å². The largest absolute Gasteiger partial charge is 0.341 e. The number of carbonyl (C=O) groups excluding carboxylic acids is 2. The van der Waals surface area contributed by atoms with Crippen LogP contribution in [0.15, 0.2) is 64.4 Å². The fourth-order valence-electron chi connectivity index (χ4n) is 4.60. The highest BCUT2D eigenvalue weighted by Gasteiger charge is 2.40. The minimum absolute atomic E-state index is 0.153. The molecule has 1 fully saturated rings. The first-order chi connectivity index (χ1) is 17.9. The van der Waals surface area contributed by atoms with Gasteiger partial charge in [0.25, 0.3) is 11.8 Å². The topological polar surface area (TPSA) is 76.8 Å². The molecule has 37 heavy (non-hydrogen) atoms. The molecule has 0 N–H and O–H groups in total. The predicted molar refractivity (Wildman–Crippen MR) is 132 cm³/mol. The van der Waals surface area contributed by atoms with E-state index in [1.54, 1.807) is 24.1 Å². The lowest BCUT2D eigenvalue weighted by Crippen LogP contribution is -2.32. The molecule has 7 nitrogen and oxygen atoms in total. The average molecular weight is 519 g/mol. The zero-order valence-corrected chi connectivity index (χ0v) is 20.4. The minimum Gasteiger partial charge on any atom is -0.341 e. The van der Waals surface area contributed by atoms with Crippen LogP contribution >= 0.6 is 11.3 Å². The molecule has 4 aromatic rings.